The van der Waals surface area contributed by atoms with Crippen LogP contribution in [-0.4, -0.2) is 5.97 Å². The molecular formula is C5H7ClO2. The van der Waals surface area contributed by atoms with Crippen LogP contribution in [0.3, 0.4) is 0 Å². The Balaban J connectivity index is 3.40. The van der Waals surface area contributed by atoms with Crippen molar-refractivity contribution >= 4 is 17.6 Å². The van der Waals surface area contributed by atoms with Gasteiger partial charge in [-0.3, -0.25) is 4.79 Å². The number of carbonyl (C=O) groups is 1. The molecule has 8 heavy (non-hydrogen) atoms. The van der Waals surface area contributed by atoms with Crippen molar-refractivity contribution in [1.82, 2.24) is 0 Å². The van der Waals surface area contributed by atoms with E-state index in [1.165, 1.54) is 0 Å². The van der Waals surface area contributed by atoms with Gasteiger partial charge in [-0.2, -0.15) is 0 Å². The molecule has 0 aromatic rings. The summed E-state index contributed by atoms with van der Waals surface area (Å²) in [5.41, 5.74) is 0. The van der Waals surface area contributed by atoms with Crippen molar-refractivity contribution < 1.29 is 9.53 Å². The standard InChI is InChI=1S/C5H7ClO2/c1-3-5(7)8-4(2)6/h2-3H2,1H3. The maximum absolute atomic E-state index is 10.3. The summed E-state index contributed by atoms with van der Waals surface area (Å²) in [6.07, 6.45) is 0.325. The van der Waals surface area contributed by atoms with Gasteiger partial charge in [0.2, 0.25) is 0 Å². The summed E-state index contributed by atoms with van der Waals surface area (Å²) in [6.45, 7) is 4.85. The third-order valence-electron chi connectivity index (χ3n) is 0.513. The first-order valence-electron chi connectivity index (χ1n) is 2.22. The SMILES string of the molecule is C=C(Cl)OC(=O)CC. The quantitative estimate of drug-likeness (QED) is 0.424. The van der Waals surface area contributed by atoms with E-state index in [2.05, 4.69) is 11.3 Å². The molecule has 0 spiro atoms. The van der Waals surface area contributed by atoms with Gasteiger partial charge in [0.1, 0.15) is 0 Å². The molecule has 0 aromatic heterocycles. The second-order valence-corrected chi connectivity index (χ2v) is 1.60. The zero-order chi connectivity index (χ0) is 6.57. The van der Waals surface area contributed by atoms with E-state index < -0.39 is 0 Å². The molecule has 0 bridgehead atoms. The molecule has 0 aliphatic carbocycles. The highest BCUT2D eigenvalue weighted by Crippen LogP contribution is 1.99. The molecular weight excluding hydrogens is 128 g/mol. The van der Waals surface area contributed by atoms with Crippen LogP contribution in [0.25, 0.3) is 0 Å². The normalized spacial score (nSPS) is 8.25. The number of esters is 1. The summed E-state index contributed by atoms with van der Waals surface area (Å²) < 4.78 is 4.33. The van der Waals surface area contributed by atoms with Gasteiger partial charge in [-0.05, 0) is 18.2 Å². The van der Waals surface area contributed by atoms with E-state index in [0.717, 1.165) is 0 Å². The lowest BCUT2D eigenvalue weighted by Crippen LogP contribution is -1.97. The first-order valence-corrected chi connectivity index (χ1v) is 2.59. The van der Waals surface area contributed by atoms with Gasteiger partial charge in [0.25, 0.3) is 0 Å². The predicted octanol–water partition coefficient (Wildman–Crippen LogP) is 1.65. The van der Waals surface area contributed by atoms with Crippen molar-refractivity contribution in [2.75, 3.05) is 0 Å². The highest BCUT2D eigenvalue weighted by Gasteiger charge is 1.96. The summed E-state index contributed by atoms with van der Waals surface area (Å²) in [7, 11) is 0. The Morgan fingerprint density at radius 2 is 2.38 bits per heavy atom. The maximum atomic E-state index is 10.3. The highest BCUT2D eigenvalue weighted by molar-refractivity contribution is 6.28. The smallest absolute Gasteiger partial charge is 0.311 e. The van der Waals surface area contributed by atoms with Crippen molar-refractivity contribution in [1.29, 1.82) is 0 Å². The average molecular weight is 135 g/mol. The van der Waals surface area contributed by atoms with E-state index >= 15 is 0 Å². The first-order chi connectivity index (χ1) is 3.66. The molecule has 2 nitrogen and oxygen atoms in total. The molecule has 0 saturated heterocycles. The summed E-state index contributed by atoms with van der Waals surface area (Å²) in [5.74, 6) is -0.356. The number of hydrogen-bond donors (Lipinski definition) is 0. The molecule has 0 fully saturated rings. The number of carbonyl (C=O) groups excluding carboxylic acids is 1. The number of rotatable bonds is 2. The third-order valence-corrected chi connectivity index (χ3v) is 0.590. The predicted molar refractivity (Wildman–Crippen MR) is 31.4 cm³/mol. The largest absolute Gasteiger partial charge is 0.415 e. The lowest BCUT2D eigenvalue weighted by molar-refractivity contribution is -0.138. The molecule has 3 heteroatoms. The second-order valence-electron chi connectivity index (χ2n) is 1.18. The fourth-order valence-corrected chi connectivity index (χ4v) is 0.282. The fourth-order valence-electron chi connectivity index (χ4n) is 0.196. The molecule has 0 heterocycles. The topological polar surface area (TPSA) is 26.3 Å². The van der Waals surface area contributed by atoms with Gasteiger partial charge in [-0.15, -0.1) is 0 Å². The fraction of sp³-hybridized carbons (Fsp3) is 0.400. The van der Waals surface area contributed by atoms with Crippen molar-refractivity contribution in [3.63, 3.8) is 0 Å². The van der Waals surface area contributed by atoms with Crippen LogP contribution in [0.1, 0.15) is 13.3 Å². The van der Waals surface area contributed by atoms with Gasteiger partial charge in [0.15, 0.2) is 5.22 Å². The molecule has 0 unspecified atom stereocenters. The van der Waals surface area contributed by atoms with Crippen LogP contribution in [0.5, 0.6) is 0 Å². The lowest BCUT2D eigenvalue weighted by Gasteiger charge is -1.94. The van der Waals surface area contributed by atoms with Gasteiger partial charge in [0, 0.05) is 6.42 Å². The lowest BCUT2D eigenvalue weighted by atomic mass is 10.5. The van der Waals surface area contributed by atoms with Gasteiger partial charge in [-0.25, -0.2) is 0 Å². The van der Waals surface area contributed by atoms with Crippen LogP contribution >= 0.6 is 11.6 Å². The minimum Gasteiger partial charge on any atom is -0.415 e. The van der Waals surface area contributed by atoms with E-state index in [1.54, 1.807) is 6.92 Å². The van der Waals surface area contributed by atoms with E-state index in [-0.39, 0.29) is 11.2 Å². The van der Waals surface area contributed by atoms with E-state index in [1.807, 2.05) is 0 Å². The monoisotopic (exact) mass is 134 g/mol. The Morgan fingerprint density at radius 3 is 2.50 bits per heavy atom. The Morgan fingerprint density at radius 1 is 1.88 bits per heavy atom. The summed E-state index contributed by atoms with van der Waals surface area (Å²) in [5, 5.41) is -0.0724. The zero-order valence-corrected chi connectivity index (χ0v) is 5.36. The molecule has 0 saturated carbocycles. The highest BCUT2D eigenvalue weighted by atomic mass is 35.5. The molecule has 0 rings (SSSR count). The number of hydrogen-bond acceptors (Lipinski definition) is 2. The molecule has 0 aliphatic heterocycles. The van der Waals surface area contributed by atoms with Crippen LogP contribution in [0.2, 0.25) is 0 Å². The van der Waals surface area contributed by atoms with E-state index in [9.17, 15) is 4.79 Å². The van der Waals surface area contributed by atoms with E-state index in [0.29, 0.717) is 6.42 Å². The van der Waals surface area contributed by atoms with Crippen LogP contribution < -0.4 is 0 Å². The summed E-state index contributed by atoms with van der Waals surface area (Å²) in [4.78, 5) is 10.3. The van der Waals surface area contributed by atoms with Crippen LogP contribution in [0, 0.1) is 0 Å². The minimum absolute atomic E-state index is 0.0724. The molecule has 0 N–H and O–H groups in total. The number of halogens is 1. The third kappa shape index (κ3) is 3.68. The second kappa shape index (κ2) is 3.50. The Bertz CT molecular complexity index is 109. The first kappa shape index (κ1) is 7.50. The van der Waals surface area contributed by atoms with Crippen molar-refractivity contribution in [3.8, 4) is 0 Å². The van der Waals surface area contributed by atoms with Crippen LogP contribution in [-0.2, 0) is 9.53 Å². The minimum atomic E-state index is -0.356. The summed E-state index contributed by atoms with van der Waals surface area (Å²) in [6, 6.07) is 0. The summed E-state index contributed by atoms with van der Waals surface area (Å²) >= 11 is 5.11. The van der Waals surface area contributed by atoms with Gasteiger partial charge >= 0.3 is 5.97 Å². The Hall–Kier alpha value is -0.500. The average Bonchev–Trinajstić information content (AvgIpc) is 1.65. The number of ether oxygens (including phenoxy) is 1. The van der Waals surface area contributed by atoms with Gasteiger partial charge in [0.05, 0.1) is 0 Å². The molecule has 0 radical (unpaired) electrons. The van der Waals surface area contributed by atoms with Crippen molar-refractivity contribution in [2.24, 2.45) is 0 Å². The van der Waals surface area contributed by atoms with Gasteiger partial charge in [-0.1, -0.05) is 6.92 Å². The van der Waals surface area contributed by atoms with Crippen molar-refractivity contribution in [3.05, 3.63) is 11.8 Å². The molecule has 0 aliphatic rings. The zero-order valence-electron chi connectivity index (χ0n) is 4.61. The maximum Gasteiger partial charge on any atom is 0.311 e. The Labute approximate surface area is 53.1 Å². The van der Waals surface area contributed by atoms with Crippen LogP contribution in [0.4, 0.5) is 0 Å². The molecule has 0 aromatic carbocycles. The van der Waals surface area contributed by atoms with Crippen LogP contribution in [0.15, 0.2) is 11.8 Å². The molecule has 46 valence electrons. The van der Waals surface area contributed by atoms with Crippen molar-refractivity contribution in [2.45, 2.75) is 13.3 Å². The Kier molecular flexibility index (Phi) is 3.28. The molecule has 0 atom stereocenters. The van der Waals surface area contributed by atoms with Gasteiger partial charge < -0.3 is 4.74 Å². The molecule has 0 amide bonds. The van der Waals surface area contributed by atoms with E-state index in [4.69, 9.17) is 11.6 Å².